The molecule has 20 nitrogen and oxygen atoms in total. The lowest BCUT2D eigenvalue weighted by molar-refractivity contribution is -0.385. The van der Waals surface area contributed by atoms with E-state index in [4.69, 9.17) is 17.3 Å². The number of fused-ring (bicyclic) bond motifs is 2. The zero-order valence-electron chi connectivity index (χ0n) is 36.7. The number of nitro benzene ring substituents is 2. The fourth-order valence-electron chi connectivity index (χ4n) is 6.09. The highest BCUT2D eigenvalue weighted by molar-refractivity contribution is 7.98. The van der Waals surface area contributed by atoms with Gasteiger partial charge in [-0.25, -0.2) is 9.97 Å². The minimum Gasteiger partial charge on any atom is -0.399 e. The minimum absolute atomic E-state index is 0.0551. The number of anilines is 5. The number of nitro groups is 2. The van der Waals surface area contributed by atoms with Crippen molar-refractivity contribution in [2.24, 2.45) is 0 Å². The van der Waals surface area contributed by atoms with Gasteiger partial charge in [0.25, 0.3) is 23.2 Å². The van der Waals surface area contributed by atoms with Gasteiger partial charge in [0.15, 0.2) is 21.6 Å². The topological polar surface area (TPSA) is 269 Å². The van der Waals surface area contributed by atoms with Crippen molar-refractivity contribution in [2.75, 3.05) is 34.2 Å². The lowest BCUT2D eigenvalue weighted by Crippen LogP contribution is -2.12. The van der Waals surface area contributed by atoms with E-state index in [1.807, 2.05) is 18.6 Å². The smallest absolute Gasteiger partial charge is 0.269 e. The summed E-state index contributed by atoms with van der Waals surface area (Å²) in [6.45, 7) is 8.38. The number of nitrogens with two attached hydrogens (primary N) is 1. The van der Waals surface area contributed by atoms with E-state index in [1.54, 1.807) is 63.9 Å². The molecule has 8 aromatic rings. The molecule has 0 radical (unpaired) electrons. The molecule has 4 aromatic carbocycles. The summed E-state index contributed by atoms with van der Waals surface area (Å²) < 4.78 is 3.23. The maximum Gasteiger partial charge on any atom is 0.269 e. The van der Waals surface area contributed by atoms with Crippen LogP contribution in [-0.2, 0) is 0 Å². The van der Waals surface area contributed by atoms with Crippen molar-refractivity contribution in [2.45, 2.75) is 49.8 Å². The quantitative estimate of drug-likeness (QED) is 0.0384. The van der Waals surface area contributed by atoms with Gasteiger partial charge in [-0.15, -0.1) is 0 Å². The van der Waals surface area contributed by atoms with E-state index < -0.39 is 9.85 Å². The molecule has 67 heavy (non-hydrogen) atoms. The number of hydrogen-bond acceptors (Lipinski definition) is 16. The zero-order chi connectivity index (χ0) is 48.4. The molecule has 4 aromatic heterocycles. The lowest BCUT2D eigenvalue weighted by Gasteiger charge is -2.11. The van der Waals surface area contributed by atoms with Gasteiger partial charge < -0.3 is 21.7 Å². The molecular formula is C44H43ClN14O6S2. The number of carbonyl (C=O) groups is 2. The second kappa shape index (κ2) is 22.0. The molecule has 0 atom stereocenters. The highest BCUT2D eigenvalue weighted by atomic mass is 35.5. The van der Waals surface area contributed by atoms with Crippen molar-refractivity contribution in [3.05, 3.63) is 157 Å². The predicted octanol–water partition coefficient (Wildman–Crippen LogP) is 9.93. The summed E-state index contributed by atoms with van der Waals surface area (Å²) in [6, 6.07) is 24.7. The van der Waals surface area contributed by atoms with E-state index in [0.717, 1.165) is 22.4 Å². The molecule has 23 heteroatoms. The van der Waals surface area contributed by atoms with Gasteiger partial charge in [-0.1, -0.05) is 63.4 Å². The van der Waals surface area contributed by atoms with E-state index in [1.165, 1.54) is 72.1 Å². The highest BCUT2D eigenvalue weighted by Crippen LogP contribution is 2.27. The Balaban J connectivity index is 0.000000183. The van der Waals surface area contributed by atoms with Crippen molar-refractivity contribution < 1.29 is 19.4 Å². The van der Waals surface area contributed by atoms with Gasteiger partial charge in [0.05, 0.1) is 22.2 Å². The Kier molecular flexibility index (Phi) is 16.0. The second-order valence-corrected chi connectivity index (χ2v) is 16.7. The maximum atomic E-state index is 12.6. The first-order chi connectivity index (χ1) is 32.0. The Morgan fingerprint density at radius 3 is 1.57 bits per heavy atom. The average molecular weight is 964 g/mol. The Morgan fingerprint density at radius 2 is 1.09 bits per heavy atom. The minimum atomic E-state index is -0.514. The molecule has 0 spiro atoms. The lowest BCUT2D eigenvalue weighted by atomic mass is 10.1. The van der Waals surface area contributed by atoms with Gasteiger partial charge in [-0.2, -0.15) is 29.2 Å². The number of benzene rings is 4. The first-order valence-corrected chi connectivity index (χ1v) is 23.0. The number of nitrogens with one attached hydrogen (secondary N) is 3. The van der Waals surface area contributed by atoms with E-state index in [2.05, 4.69) is 73.8 Å². The Bertz CT molecular complexity index is 3070. The SMILES string of the molecule is CSc1nc(Cl)n2ncc(C(C)C)c2n1.CSc1nc(Nc2cccc(NC(=O)c3ccc([N+](=O)[O-])cc3)c2)n2ncc(C(C)C)c2n1.Nc1cccc(NC(=O)c2ccc([N+](=O)[O-])cc2)c1. The normalized spacial score (nSPS) is 10.8. The van der Waals surface area contributed by atoms with E-state index in [0.29, 0.717) is 61.3 Å². The number of carbonyl (C=O) groups excluding carboxylic acids is 2. The molecule has 0 aliphatic heterocycles. The van der Waals surface area contributed by atoms with E-state index in [9.17, 15) is 29.8 Å². The third-order valence-electron chi connectivity index (χ3n) is 9.52. The number of amides is 2. The molecule has 0 aliphatic rings. The number of halogens is 1. The van der Waals surface area contributed by atoms with E-state index in [-0.39, 0.29) is 29.1 Å². The molecule has 0 fully saturated rings. The molecule has 5 N–H and O–H groups in total. The molecule has 0 saturated heterocycles. The van der Waals surface area contributed by atoms with Crippen molar-refractivity contribution >= 4 is 98.3 Å². The van der Waals surface area contributed by atoms with Crippen LogP contribution in [0.1, 0.15) is 71.4 Å². The second-order valence-electron chi connectivity index (χ2n) is 14.8. The van der Waals surface area contributed by atoms with Gasteiger partial charge >= 0.3 is 0 Å². The van der Waals surface area contributed by atoms with Crippen LogP contribution in [0.25, 0.3) is 11.3 Å². The summed E-state index contributed by atoms with van der Waals surface area (Å²) in [7, 11) is 0. The van der Waals surface area contributed by atoms with Crippen molar-refractivity contribution in [3.63, 3.8) is 0 Å². The van der Waals surface area contributed by atoms with E-state index >= 15 is 0 Å². The van der Waals surface area contributed by atoms with Crippen molar-refractivity contribution in [3.8, 4) is 0 Å². The summed E-state index contributed by atoms with van der Waals surface area (Å²) >= 11 is 8.91. The summed E-state index contributed by atoms with van der Waals surface area (Å²) in [5.74, 6) is 0.432. The van der Waals surface area contributed by atoms with Crippen molar-refractivity contribution in [1.82, 2.24) is 39.2 Å². The molecule has 0 bridgehead atoms. The summed E-state index contributed by atoms with van der Waals surface area (Å²) in [5.41, 5.74) is 12.2. The summed E-state index contributed by atoms with van der Waals surface area (Å²) in [6.07, 6.45) is 7.43. The number of thioether (sulfide) groups is 2. The fourth-order valence-corrected chi connectivity index (χ4v) is 7.06. The van der Waals surface area contributed by atoms with Crippen LogP contribution in [0.15, 0.2) is 120 Å². The van der Waals surface area contributed by atoms with Crippen molar-refractivity contribution in [1.29, 1.82) is 0 Å². The Labute approximate surface area is 396 Å². The van der Waals surface area contributed by atoms with Gasteiger partial charge in [0, 0.05) is 69.3 Å². The van der Waals surface area contributed by atoms with Gasteiger partial charge in [-0.3, -0.25) is 29.8 Å². The van der Waals surface area contributed by atoms with Crippen LogP contribution in [0.4, 0.5) is 40.1 Å². The van der Waals surface area contributed by atoms with Gasteiger partial charge in [0.2, 0.25) is 11.2 Å². The van der Waals surface area contributed by atoms with Crippen LogP contribution in [0.5, 0.6) is 0 Å². The molecular weight excluding hydrogens is 920 g/mol. The Morgan fingerprint density at radius 1 is 0.642 bits per heavy atom. The first kappa shape index (κ1) is 48.8. The molecule has 4 heterocycles. The number of aromatic nitrogens is 8. The number of nitrogen functional groups attached to an aromatic ring is 1. The number of rotatable bonds is 12. The molecule has 8 rings (SSSR count). The van der Waals surface area contributed by atoms with Crippen LogP contribution in [0, 0.1) is 20.2 Å². The maximum absolute atomic E-state index is 12.6. The molecule has 0 saturated carbocycles. The number of nitrogens with zero attached hydrogens (tertiary/aromatic N) is 10. The van der Waals surface area contributed by atoms with Gasteiger partial charge in [0.1, 0.15) is 0 Å². The average Bonchev–Trinajstić information content (AvgIpc) is 3.95. The summed E-state index contributed by atoms with van der Waals surface area (Å²) in [5, 5.41) is 40.3. The molecule has 344 valence electrons. The molecule has 0 aliphatic carbocycles. The molecule has 0 unspecified atom stereocenters. The van der Waals surface area contributed by atoms with Crippen LogP contribution >= 0.6 is 35.1 Å². The standard InChI is InChI=1S/C22H21N7O3S.C13H11N3O3.C9H11ClN4S/c1-13(2)18-12-23-28-19(18)26-22(33-3)27-21(28)25-16-6-4-5-15(11-16)24-20(30)14-7-9-17(10-8-14)29(31)32;14-10-2-1-3-11(8-10)15-13(17)9-4-6-12(7-5-9)16(18)19;1-5(2)6-4-11-14-7(6)12-9(15-3)13-8(14)10/h4-13H,1-3H3,(H,24,30)(H,25,26,27);1-8H,14H2,(H,15,17);4-5H,1-3H3. The van der Waals surface area contributed by atoms with Crippen LogP contribution in [0.3, 0.4) is 0 Å². The fraction of sp³-hybridized carbons (Fsp3) is 0.182. The predicted molar refractivity (Wildman–Crippen MR) is 261 cm³/mol. The highest BCUT2D eigenvalue weighted by Gasteiger charge is 2.17. The van der Waals surface area contributed by atoms with Crippen LogP contribution in [-0.4, -0.2) is 73.3 Å². The largest absolute Gasteiger partial charge is 0.399 e. The zero-order valence-corrected chi connectivity index (χ0v) is 39.1. The van der Waals surface area contributed by atoms with Crippen LogP contribution in [0.2, 0.25) is 5.28 Å². The monoisotopic (exact) mass is 962 g/mol. The van der Waals surface area contributed by atoms with Gasteiger partial charge in [-0.05, 0) is 96.6 Å². The Hall–Kier alpha value is -7.69. The third kappa shape index (κ3) is 12.4. The third-order valence-corrected chi connectivity index (χ3v) is 10.9. The molecule has 2 amide bonds. The number of non-ortho nitro benzene ring substituents is 2. The first-order valence-electron chi connectivity index (χ1n) is 20.1. The summed E-state index contributed by atoms with van der Waals surface area (Å²) in [4.78, 5) is 62.4. The van der Waals surface area contributed by atoms with Crippen LogP contribution < -0.4 is 21.7 Å². The number of hydrogen-bond donors (Lipinski definition) is 4.